The maximum absolute atomic E-state index is 13.0. The first-order valence-electron chi connectivity index (χ1n) is 16.1. The molecule has 2 unspecified atom stereocenters. The quantitative estimate of drug-likeness (QED) is 0.179. The standard InChI is InChI=1S/C32H58ClN5O9/c1-23(39)28(29(33)44)34-24(40)19-35-11-13-36(20-25(41)45-30(2,3)4)15-17-38(22-27(43)47-32(8,9)10)18-16-37(14-12-35)21-26(42)46-31(5,6)7/h23,28,39H,11-22H2,1-10H3,(H,34,40). The van der Waals surface area contributed by atoms with Crippen LogP contribution in [0.1, 0.15) is 69.2 Å². The number of ether oxygens (including phenoxy) is 3. The predicted octanol–water partition coefficient (Wildman–Crippen LogP) is 0.864. The normalized spacial score (nSPS) is 18.6. The van der Waals surface area contributed by atoms with Crippen LogP contribution in [0.5, 0.6) is 0 Å². The molecule has 1 aliphatic rings. The highest BCUT2D eigenvalue weighted by Crippen LogP contribution is 2.11. The summed E-state index contributed by atoms with van der Waals surface area (Å²) in [4.78, 5) is 70.8. The summed E-state index contributed by atoms with van der Waals surface area (Å²) in [6, 6.07) is -1.26. The van der Waals surface area contributed by atoms with Gasteiger partial charge in [-0.05, 0) is 80.8 Å². The molecule has 15 heteroatoms. The lowest BCUT2D eigenvalue weighted by Gasteiger charge is -2.34. The minimum Gasteiger partial charge on any atom is -0.459 e. The molecule has 0 aromatic rings. The molecule has 14 nitrogen and oxygen atoms in total. The van der Waals surface area contributed by atoms with Crippen LogP contribution in [0, 0.1) is 0 Å². The molecule has 1 rings (SSSR count). The smallest absolute Gasteiger partial charge is 0.320 e. The molecule has 272 valence electrons. The first kappa shape index (κ1) is 42.7. The summed E-state index contributed by atoms with van der Waals surface area (Å²) < 4.78 is 16.7. The molecule has 1 saturated heterocycles. The van der Waals surface area contributed by atoms with E-state index in [0.717, 1.165) is 0 Å². The van der Waals surface area contributed by atoms with Crippen molar-refractivity contribution in [1.82, 2.24) is 24.9 Å². The number of hydrogen-bond acceptors (Lipinski definition) is 13. The second-order valence-corrected chi connectivity index (χ2v) is 15.3. The molecule has 0 saturated carbocycles. The number of halogens is 1. The summed E-state index contributed by atoms with van der Waals surface area (Å²) in [6.45, 7) is 20.4. The van der Waals surface area contributed by atoms with E-state index in [4.69, 9.17) is 25.8 Å². The molecule has 1 amide bonds. The third-order valence-corrected chi connectivity index (χ3v) is 6.89. The van der Waals surface area contributed by atoms with Crippen LogP contribution in [0.15, 0.2) is 0 Å². The fourth-order valence-electron chi connectivity index (χ4n) is 4.67. The van der Waals surface area contributed by atoms with Gasteiger partial charge in [-0.3, -0.25) is 43.6 Å². The van der Waals surface area contributed by atoms with E-state index in [2.05, 4.69) is 5.32 Å². The van der Waals surface area contributed by atoms with Crippen molar-refractivity contribution in [2.45, 2.75) is 98.2 Å². The summed E-state index contributed by atoms with van der Waals surface area (Å²) in [5.74, 6) is -1.71. The number of carbonyl (C=O) groups is 5. The zero-order chi connectivity index (χ0) is 36.2. The number of carbonyl (C=O) groups excluding carboxylic acids is 5. The highest BCUT2D eigenvalue weighted by molar-refractivity contribution is 6.65. The Kier molecular flexibility index (Phi) is 17.2. The van der Waals surface area contributed by atoms with Crippen molar-refractivity contribution < 1.29 is 43.3 Å². The molecule has 0 spiro atoms. The number of nitrogens with zero attached hydrogens (tertiary/aromatic N) is 4. The largest absolute Gasteiger partial charge is 0.459 e. The first-order chi connectivity index (χ1) is 21.4. The second-order valence-electron chi connectivity index (χ2n) is 15.0. The SMILES string of the molecule is CC(O)C(NC(=O)CN1CCN(CC(=O)OC(C)(C)C)CCN(CC(=O)OC(C)(C)C)CCN(CC(=O)OC(C)(C)C)CC1)C(=O)Cl. The zero-order valence-electron chi connectivity index (χ0n) is 30.0. The van der Waals surface area contributed by atoms with Crippen LogP contribution >= 0.6 is 11.6 Å². The van der Waals surface area contributed by atoms with Crippen LogP contribution in [0.3, 0.4) is 0 Å². The topological polar surface area (TPSA) is 158 Å². The number of amides is 1. The first-order valence-corrected chi connectivity index (χ1v) is 16.5. The molecule has 0 aromatic heterocycles. The van der Waals surface area contributed by atoms with Crippen LogP contribution in [0.4, 0.5) is 0 Å². The van der Waals surface area contributed by atoms with Gasteiger partial charge in [0, 0.05) is 52.4 Å². The van der Waals surface area contributed by atoms with Crippen molar-refractivity contribution >= 4 is 40.7 Å². The molecule has 47 heavy (non-hydrogen) atoms. The molecule has 2 N–H and O–H groups in total. The minimum atomic E-state index is -1.26. The number of nitrogens with one attached hydrogen (secondary N) is 1. The van der Waals surface area contributed by atoms with E-state index in [9.17, 15) is 29.1 Å². The van der Waals surface area contributed by atoms with Gasteiger partial charge in [-0.2, -0.15) is 0 Å². The van der Waals surface area contributed by atoms with E-state index in [1.165, 1.54) is 6.92 Å². The molecule has 0 bridgehead atoms. The Bertz CT molecular complexity index is 1010. The minimum absolute atomic E-state index is 0.00674. The lowest BCUT2D eigenvalue weighted by Crippen LogP contribution is -2.52. The van der Waals surface area contributed by atoms with Crippen molar-refractivity contribution in [2.24, 2.45) is 0 Å². The van der Waals surface area contributed by atoms with Gasteiger partial charge in [0.1, 0.15) is 22.8 Å². The summed E-state index contributed by atoms with van der Waals surface area (Å²) in [6.07, 6.45) is -1.19. The number of esters is 3. The van der Waals surface area contributed by atoms with Crippen LogP contribution in [-0.4, -0.2) is 161 Å². The Balaban J connectivity index is 3.29. The van der Waals surface area contributed by atoms with E-state index < -0.39 is 52.0 Å². The second kappa shape index (κ2) is 19.0. The summed E-state index contributed by atoms with van der Waals surface area (Å²) in [5, 5.41) is 11.5. The van der Waals surface area contributed by atoms with Gasteiger partial charge in [-0.25, -0.2) is 0 Å². The lowest BCUT2D eigenvalue weighted by atomic mass is 10.2. The van der Waals surface area contributed by atoms with Crippen LogP contribution < -0.4 is 5.32 Å². The maximum atomic E-state index is 13.0. The molecule has 1 fully saturated rings. The van der Waals surface area contributed by atoms with Gasteiger partial charge in [0.25, 0.3) is 0 Å². The van der Waals surface area contributed by atoms with Gasteiger partial charge >= 0.3 is 17.9 Å². The summed E-state index contributed by atoms with van der Waals surface area (Å²) in [7, 11) is 0. The Morgan fingerprint density at radius 3 is 1.06 bits per heavy atom. The number of hydrogen-bond donors (Lipinski definition) is 2. The highest BCUT2D eigenvalue weighted by Gasteiger charge is 2.28. The molecule has 0 aromatic carbocycles. The summed E-state index contributed by atoms with van der Waals surface area (Å²) >= 11 is 5.59. The number of rotatable bonds is 11. The Morgan fingerprint density at radius 1 is 0.596 bits per heavy atom. The van der Waals surface area contributed by atoms with Crippen molar-refractivity contribution in [2.75, 3.05) is 78.5 Å². The predicted molar refractivity (Wildman–Crippen MR) is 178 cm³/mol. The molecule has 0 aliphatic carbocycles. The molecule has 2 atom stereocenters. The molecule has 1 aliphatic heterocycles. The molecular formula is C32H58ClN5O9. The highest BCUT2D eigenvalue weighted by atomic mass is 35.5. The average molecular weight is 692 g/mol. The van der Waals surface area contributed by atoms with Crippen molar-refractivity contribution in [3.63, 3.8) is 0 Å². The Morgan fingerprint density at radius 2 is 0.851 bits per heavy atom. The Hall–Kier alpha value is -2.36. The number of aliphatic hydroxyl groups excluding tert-OH is 1. The third-order valence-electron chi connectivity index (χ3n) is 6.66. The van der Waals surface area contributed by atoms with Crippen molar-refractivity contribution in [3.8, 4) is 0 Å². The van der Waals surface area contributed by atoms with Gasteiger partial charge in [0.2, 0.25) is 11.1 Å². The van der Waals surface area contributed by atoms with E-state index in [1.54, 1.807) is 62.3 Å². The zero-order valence-corrected chi connectivity index (χ0v) is 30.8. The third kappa shape index (κ3) is 20.6. The van der Waals surface area contributed by atoms with Crippen molar-refractivity contribution in [3.05, 3.63) is 0 Å². The van der Waals surface area contributed by atoms with E-state index >= 15 is 0 Å². The molecular weight excluding hydrogens is 634 g/mol. The number of aliphatic hydroxyl groups is 1. The van der Waals surface area contributed by atoms with E-state index in [-0.39, 0.29) is 32.1 Å². The van der Waals surface area contributed by atoms with Gasteiger partial charge < -0.3 is 24.6 Å². The van der Waals surface area contributed by atoms with Gasteiger partial charge in [-0.15, -0.1) is 0 Å². The van der Waals surface area contributed by atoms with Crippen LogP contribution in [0.2, 0.25) is 0 Å². The van der Waals surface area contributed by atoms with Crippen LogP contribution in [-0.2, 0) is 38.2 Å². The van der Waals surface area contributed by atoms with E-state index in [0.29, 0.717) is 52.4 Å². The fourth-order valence-corrected chi connectivity index (χ4v) is 4.91. The van der Waals surface area contributed by atoms with E-state index in [1.807, 2.05) is 19.6 Å². The monoisotopic (exact) mass is 691 g/mol. The fraction of sp³-hybridized carbons (Fsp3) is 0.844. The Labute approximate surface area is 285 Å². The summed E-state index contributed by atoms with van der Waals surface area (Å²) in [5.41, 5.74) is -2.00. The van der Waals surface area contributed by atoms with Gasteiger partial charge in [-0.1, -0.05) is 0 Å². The average Bonchev–Trinajstić information content (AvgIpc) is 2.84. The van der Waals surface area contributed by atoms with Gasteiger partial charge in [0.15, 0.2) is 0 Å². The maximum Gasteiger partial charge on any atom is 0.320 e. The molecule has 1 heterocycles. The van der Waals surface area contributed by atoms with Crippen LogP contribution in [0.25, 0.3) is 0 Å². The van der Waals surface area contributed by atoms with Crippen molar-refractivity contribution in [1.29, 1.82) is 0 Å². The molecule has 0 radical (unpaired) electrons. The van der Waals surface area contributed by atoms with Gasteiger partial charge in [0.05, 0.1) is 32.3 Å². The lowest BCUT2D eigenvalue weighted by molar-refractivity contribution is -0.158.